The molecule has 0 aliphatic carbocycles. The summed E-state index contributed by atoms with van der Waals surface area (Å²) in [6, 6.07) is 11.5. The molecule has 2 aromatic rings. The number of carbonyl (C=O) groups excluding carboxylic acids is 1. The lowest BCUT2D eigenvalue weighted by molar-refractivity contribution is -0.115. The molecule has 31 heavy (non-hydrogen) atoms. The Kier molecular flexibility index (Phi) is 8.41. The molecule has 0 spiro atoms. The Balaban J connectivity index is 1.75. The molecule has 1 amide bonds. The van der Waals surface area contributed by atoms with E-state index in [0.717, 1.165) is 56.3 Å². The summed E-state index contributed by atoms with van der Waals surface area (Å²) in [4.78, 5) is 27.7. The van der Waals surface area contributed by atoms with Crippen LogP contribution in [0.25, 0.3) is 11.8 Å². The fourth-order valence-corrected chi connectivity index (χ4v) is 4.38. The largest absolute Gasteiger partial charge is 0.379 e. The fourth-order valence-electron chi connectivity index (χ4n) is 3.29. The van der Waals surface area contributed by atoms with Gasteiger partial charge in [0.25, 0.3) is 11.5 Å². The molecule has 1 aromatic carbocycles. The van der Waals surface area contributed by atoms with E-state index in [2.05, 4.69) is 15.5 Å². The molecule has 1 aliphatic heterocycles. The zero-order valence-electron chi connectivity index (χ0n) is 17.6. The highest BCUT2D eigenvalue weighted by molar-refractivity contribution is 7.07. The van der Waals surface area contributed by atoms with Crippen LogP contribution in [0.2, 0.25) is 0 Å². The first kappa shape index (κ1) is 22.7. The molecule has 164 valence electrons. The second-order valence-electron chi connectivity index (χ2n) is 7.03. The van der Waals surface area contributed by atoms with E-state index in [1.54, 1.807) is 6.20 Å². The smallest absolute Gasteiger partial charge is 0.270 e. The van der Waals surface area contributed by atoms with Crippen LogP contribution in [0, 0.1) is 11.3 Å². The number of rotatable bonds is 8. The first-order valence-corrected chi connectivity index (χ1v) is 11.2. The molecule has 1 aromatic heterocycles. The second kappa shape index (κ2) is 11.5. The molecule has 0 saturated carbocycles. The predicted molar refractivity (Wildman–Crippen MR) is 122 cm³/mol. The summed E-state index contributed by atoms with van der Waals surface area (Å²) >= 11 is 1.14. The number of benzene rings is 1. The lowest BCUT2D eigenvalue weighted by atomic mass is 10.3. The average Bonchev–Trinajstić information content (AvgIpc) is 3.12. The van der Waals surface area contributed by atoms with Gasteiger partial charge in [-0.3, -0.25) is 19.1 Å². The number of ether oxygens (including phenoxy) is 1. The van der Waals surface area contributed by atoms with E-state index in [1.807, 2.05) is 43.3 Å². The van der Waals surface area contributed by atoms with Gasteiger partial charge < -0.3 is 15.4 Å². The molecular weight excluding hydrogens is 414 g/mol. The SMILES string of the molecule is CCn1c(=O)/c(=C\Nc2ccccc2)s/c1=C(/C#N)C(=O)NCCCN1CCOCC1. The molecule has 9 heteroatoms. The summed E-state index contributed by atoms with van der Waals surface area (Å²) < 4.78 is 7.61. The zero-order valence-corrected chi connectivity index (χ0v) is 18.4. The fraction of sp³-hybridized carbons (Fsp3) is 0.409. The molecule has 2 N–H and O–H groups in total. The predicted octanol–water partition coefficient (Wildman–Crippen LogP) is 0.293. The van der Waals surface area contributed by atoms with Crippen molar-refractivity contribution >= 4 is 34.7 Å². The molecule has 2 heterocycles. The normalized spacial score (nSPS) is 15.9. The highest BCUT2D eigenvalue weighted by Crippen LogP contribution is 2.04. The van der Waals surface area contributed by atoms with Crippen molar-refractivity contribution in [3.8, 4) is 6.07 Å². The van der Waals surface area contributed by atoms with E-state index in [4.69, 9.17) is 4.74 Å². The van der Waals surface area contributed by atoms with Crippen molar-refractivity contribution in [2.75, 3.05) is 44.7 Å². The summed E-state index contributed by atoms with van der Waals surface area (Å²) in [5.41, 5.74) is 0.593. The Hall–Kier alpha value is -2.93. The lowest BCUT2D eigenvalue weighted by Gasteiger charge is -2.26. The van der Waals surface area contributed by atoms with Gasteiger partial charge in [0.15, 0.2) is 5.57 Å². The van der Waals surface area contributed by atoms with Gasteiger partial charge in [-0.2, -0.15) is 5.26 Å². The first-order chi connectivity index (χ1) is 15.1. The molecule has 0 bridgehead atoms. The number of amides is 1. The van der Waals surface area contributed by atoms with Crippen molar-refractivity contribution in [1.82, 2.24) is 14.8 Å². The average molecular weight is 442 g/mol. The maximum atomic E-state index is 12.8. The number of para-hydroxylation sites is 1. The van der Waals surface area contributed by atoms with Gasteiger partial charge in [0, 0.05) is 38.1 Å². The van der Waals surface area contributed by atoms with E-state index in [-0.39, 0.29) is 11.1 Å². The third-order valence-electron chi connectivity index (χ3n) is 4.96. The van der Waals surface area contributed by atoms with Crippen molar-refractivity contribution in [2.45, 2.75) is 19.9 Å². The van der Waals surface area contributed by atoms with Gasteiger partial charge in [0.2, 0.25) is 0 Å². The third kappa shape index (κ3) is 6.04. The summed E-state index contributed by atoms with van der Waals surface area (Å²) in [5.74, 6) is -0.449. The zero-order chi connectivity index (χ0) is 22.1. The Morgan fingerprint density at radius 3 is 2.71 bits per heavy atom. The van der Waals surface area contributed by atoms with E-state index in [9.17, 15) is 14.9 Å². The van der Waals surface area contributed by atoms with E-state index in [0.29, 0.717) is 22.3 Å². The maximum Gasteiger partial charge on any atom is 0.270 e. The first-order valence-electron chi connectivity index (χ1n) is 10.4. The Labute approximate surface area is 185 Å². The summed E-state index contributed by atoms with van der Waals surface area (Å²) in [5, 5.41) is 15.5. The molecule has 1 fully saturated rings. The van der Waals surface area contributed by atoms with Crippen LogP contribution in [0.15, 0.2) is 35.1 Å². The van der Waals surface area contributed by atoms with Gasteiger partial charge in [0.05, 0.1) is 13.2 Å². The van der Waals surface area contributed by atoms with Crippen LogP contribution in [0.3, 0.4) is 0 Å². The van der Waals surface area contributed by atoms with Crippen molar-refractivity contribution in [2.24, 2.45) is 0 Å². The monoisotopic (exact) mass is 441 g/mol. The summed E-state index contributed by atoms with van der Waals surface area (Å²) in [6.07, 6.45) is 2.41. The molecular formula is C22H27N5O3S. The number of morpholine rings is 1. The van der Waals surface area contributed by atoms with Crippen molar-refractivity contribution in [3.63, 3.8) is 0 Å². The second-order valence-corrected chi connectivity index (χ2v) is 8.06. The topological polar surface area (TPSA) is 99.4 Å². The van der Waals surface area contributed by atoms with E-state index in [1.165, 1.54) is 4.57 Å². The lowest BCUT2D eigenvalue weighted by Crippen LogP contribution is -2.38. The van der Waals surface area contributed by atoms with E-state index >= 15 is 0 Å². The number of carbonyl (C=O) groups is 1. The minimum absolute atomic E-state index is 0.0327. The van der Waals surface area contributed by atoms with Crippen LogP contribution >= 0.6 is 11.3 Å². The van der Waals surface area contributed by atoms with Crippen LogP contribution in [0.5, 0.6) is 0 Å². The molecule has 3 rings (SSSR count). The van der Waals surface area contributed by atoms with Crippen molar-refractivity contribution in [3.05, 3.63) is 49.9 Å². The van der Waals surface area contributed by atoms with Gasteiger partial charge in [-0.25, -0.2) is 0 Å². The summed E-state index contributed by atoms with van der Waals surface area (Å²) in [7, 11) is 0. The standard InChI is InChI=1S/C22H27N5O3S/c1-2-27-21(29)19(16-25-17-7-4-3-5-8-17)31-22(27)18(15-23)20(28)24-9-6-10-26-11-13-30-14-12-26/h3-5,7-8,16,25H,2,6,9-14H2,1H3,(H,24,28)/b19-16+,22-18-. The van der Waals surface area contributed by atoms with Crippen LogP contribution in [0.4, 0.5) is 5.69 Å². The Morgan fingerprint density at radius 1 is 1.29 bits per heavy atom. The van der Waals surface area contributed by atoms with Crippen LogP contribution in [0.1, 0.15) is 13.3 Å². The van der Waals surface area contributed by atoms with Crippen LogP contribution in [-0.4, -0.2) is 54.8 Å². The molecule has 1 aliphatic rings. The summed E-state index contributed by atoms with van der Waals surface area (Å²) in [6.45, 7) is 6.82. The molecule has 0 atom stereocenters. The minimum Gasteiger partial charge on any atom is -0.379 e. The van der Waals surface area contributed by atoms with Crippen LogP contribution in [-0.2, 0) is 16.1 Å². The van der Waals surface area contributed by atoms with Crippen LogP contribution < -0.4 is 25.4 Å². The highest BCUT2D eigenvalue weighted by Gasteiger charge is 2.15. The number of nitrogens with one attached hydrogen (secondary N) is 2. The number of aromatic nitrogens is 1. The number of nitrogens with zero attached hydrogens (tertiary/aromatic N) is 3. The van der Waals surface area contributed by atoms with Gasteiger partial charge in [-0.1, -0.05) is 18.2 Å². The number of hydrogen-bond acceptors (Lipinski definition) is 7. The minimum atomic E-state index is -0.449. The van der Waals surface area contributed by atoms with Gasteiger partial charge in [-0.05, 0) is 32.0 Å². The number of thiazole rings is 1. The quantitative estimate of drug-likeness (QED) is 0.572. The molecule has 0 unspecified atom stereocenters. The molecule has 0 radical (unpaired) electrons. The number of nitriles is 1. The number of anilines is 1. The van der Waals surface area contributed by atoms with Gasteiger partial charge in [-0.15, -0.1) is 11.3 Å². The van der Waals surface area contributed by atoms with Crippen molar-refractivity contribution in [1.29, 1.82) is 5.26 Å². The van der Waals surface area contributed by atoms with Crippen molar-refractivity contribution < 1.29 is 9.53 Å². The molecule has 8 nitrogen and oxygen atoms in total. The van der Waals surface area contributed by atoms with Gasteiger partial charge >= 0.3 is 0 Å². The Morgan fingerprint density at radius 2 is 2.03 bits per heavy atom. The van der Waals surface area contributed by atoms with Gasteiger partial charge in [0.1, 0.15) is 15.3 Å². The maximum absolute atomic E-state index is 12.8. The molecule has 1 saturated heterocycles. The Bertz CT molecular complexity index is 1090. The number of hydrogen-bond donors (Lipinski definition) is 2. The van der Waals surface area contributed by atoms with E-state index < -0.39 is 5.91 Å². The third-order valence-corrected chi connectivity index (χ3v) is 6.09. The highest BCUT2D eigenvalue weighted by atomic mass is 32.1.